The van der Waals surface area contributed by atoms with Crippen LogP contribution in [0.25, 0.3) is 0 Å². The van der Waals surface area contributed by atoms with Gasteiger partial charge in [0.15, 0.2) is 23.2 Å². The first-order chi connectivity index (χ1) is 8.11. The molecule has 17 heavy (non-hydrogen) atoms. The maximum Gasteiger partial charge on any atom is 0.199 e. The molecule has 0 amide bonds. The summed E-state index contributed by atoms with van der Waals surface area (Å²) in [7, 11) is 0. The second kappa shape index (κ2) is 4.32. The molecule has 3 nitrogen and oxygen atoms in total. The van der Waals surface area contributed by atoms with Crippen molar-refractivity contribution in [1.82, 2.24) is 9.97 Å². The average molecular weight is 238 g/mol. The van der Waals surface area contributed by atoms with E-state index in [9.17, 15) is 18.0 Å². The summed E-state index contributed by atoms with van der Waals surface area (Å²) < 4.78 is 38.9. The Kier molecular flexibility index (Phi) is 2.86. The van der Waals surface area contributed by atoms with Gasteiger partial charge in [0.1, 0.15) is 6.33 Å². The number of carbonyl (C=O) groups excluding carboxylic acids is 1. The van der Waals surface area contributed by atoms with Gasteiger partial charge in [-0.1, -0.05) is 0 Å². The van der Waals surface area contributed by atoms with Crippen LogP contribution < -0.4 is 0 Å². The maximum atomic E-state index is 13.3. The molecule has 86 valence electrons. The number of carbonyl (C=O) groups is 1. The summed E-state index contributed by atoms with van der Waals surface area (Å²) in [6.07, 6.45) is 3.52. The van der Waals surface area contributed by atoms with Crippen molar-refractivity contribution in [3.05, 3.63) is 59.4 Å². The van der Waals surface area contributed by atoms with E-state index in [2.05, 4.69) is 9.97 Å². The minimum atomic E-state index is -1.67. The van der Waals surface area contributed by atoms with Crippen molar-refractivity contribution in [2.24, 2.45) is 0 Å². The molecule has 0 atom stereocenters. The Bertz CT molecular complexity index is 572. The molecule has 0 bridgehead atoms. The number of nitrogens with zero attached hydrogens (tertiary/aromatic N) is 2. The number of hydrogen-bond donors (Lipinski definition) is 0. The molecule has 0 fully saturated rings. The van der Waals surface area contributed by atoms with E-state index >= 15 is 0 Å². The lowest BCUT2D eigenvalue weighted by atomic mass is 10.1. The lowest BCUT2D eigenvalue weighted by molar-refractivity contribution is 0.103. The second-order valence-corrected chi connectivity index (χ2v) is 3.18. The summed E-state index contributed by atoms with van der Waals surface area (Å²) in [5.74, 6) is -5.34. The van der Waals surface area contributed by atoms with Crippen molar-refractivity contribution in [3.8, 4) is 0 Å². The van der Waals surface area contributed by atoms with Crippen LogP contribution in [0.2, 0.25) is 0 Å². The fraction of sp³-hybridized carbons (Fsp3) is 0. The Morgan fingerprint density at radius 3 is 2.29 bits per heavy atom. The number of hydrogen-bond acceptors (Lipinski definition) is 3. The lowest BCUT2D eigenvalue weighted by Gasteiger charge is -2.03. The van der Waals surface area contributed by atoms with Gasteiger partial charge >= 0.3 is 0 Å². The first-order valence-corrected chi connectivity index (χ1v) is 4.54. The van der Waals surface area contributed by atoms with Crippen LogP contribution in [-0.2, 0) is 0 Å². The molecule has 0 saturated carbocycles. The van der Waals surface area contributed by atoms with Gasteiger partial charge in [-0.25, -0.2) is 23.1 Å². The molecule has 0 saturated heterocycles. The maximum absolute atomic E-state index is 13.3. The van der Waals surface area contributed by atoms with E-state index in [1.54, 1.807) is 0 Å². The Morgan fingerprint density at radius 1 is 1.00 bits per heavy atom. The quantitative estimate of drug-likeness (QED) is 0.594. The lowest BCUT2D eigenvalue weighted by Crippen LogP contribution is -2.07. The van der Waals surface area contributed by atoms with Gasteiger partial charge in [-0.15, -0.1) is 0 Å². The van der Waals surface area contributed by atoms with Crippen LogP contribution in [-0.4, -0.2) is 15.8 Å². The van der Waals surface area contributed by atoms with Gasteiger partial charge in [0, 0.05) is 12.4 Å². The molecule has 1 aromatic carbocycles. The summed E-state index contributed by atoms with van der Waals surface area (Å²) >= 11 is 0. The third-order valence-corrected chi connectivity index (χ3v) is 2.10. The van der Waals surface area contributed by atoms with Crippen molar-refractivity contribution in [2.75, 3.05) is 0 Å². The molecule has 2 aromatic rings. The van der Waals surface area contributed by atoms with Gasteiger partial charge in [-0.05, 0) is 12.1 Å². The van der Waals surface area contributed by atoms with Crippen LogP contribution in [0.4, 0.5) is 13.2 Å². The SMILES string of the molecule is O=C(c1cncnc1)c1ccc(F)c(F)c1F. The number of ketones is 1. The topological polar surface area (TPSA) is 42.9 Å². The molecule has 0 unspecified atom stereocenters. The van der Waals surface area contributed by atoms with Crippen LogP contribution in [0.15, 0.2) is 30.9 Å². The Morgan fingerprint density at radius 2 is 1.65 bits per heavy atom. The normalized spacial score (nSPS) is 10.3. The molecule has 0 aliphatic carbocycles. The fourth-order valence-corrected chi connectivity index (χ4v) is 1.27. The molecule has 0 N–H and O–H groups in total. The molecule has 2 rings (SSSR count). The highest BCUT2D eigenvalue weighted by Crippen LogP contribution is 2.17. The molecule has 0 spiro atoms. The van der Waals surface area contributed by atoms with E-state index in [1.165, 1.54) is 6.33 Å². The molecule has 1 heterocycles. The first-order valence-electron chi connectivity index (χ1n) is 4.54. The predicted octanol–water partition coefficient (Wildman–Crippen LogP) is 2.12. The first kappa shape index (κ1) is 11.3. The largest absolute Gasteiger partial charge is 0.288 e. The molecular weight excluding hydrogens is 233 g/mol. The van der Waals surface area contributed by atoms with E-state index < -0.39 is 28.8 Å². The highest BCUT2D eigenvalue weighted by molar-refractivity contribution is 6.08. The Labute approximate surface area is 94.0 Å². The van der Waals surface area contributed by atoms with Gasteiger partial charge in [0.25, 0.3) is 0 Å². The third kappa shape index (κ3) is 2.01. The predicted molar refractivity (Wildman–Crippen MR) is 51.8 cm³/mol. The average Bonchev–Trinajstić information content (AvgIpc) is 2.36. The third-order valence-electron chi connectivity index (χ3n) is 2.10. The minimum absolute atomic E-state index is 0.00240. The Balaban J connectivity index is 2.49. The monoisotopic (exact) mass is 238 g/mol. The second-order valence-electron chi connectivity index (χ2n) is 3.18. The molecule has 0 aliphatic heterocycles. The molecule has 0 aliphatic rings. The van der Waals surface area contributed by atoms with E-state index in [0.717, 1.165) is 18.5 Å². The van der Waals surface area contributed by atoms with Crippen molar-refractivity contribution in [2.45, 2.75) is 0 Å². The van der Waals surface area contributed by atoms with Crippen molar-refractivity contribution < 1.29 is 18.0 Å². The van der Waals surface area contributed by atoms with E-state index in [0.29, 0.717) is 6.07 Å². The number of rotatable bonds is 2. The van der Waals surface area contributed by atoms with Crippen LogP contribution >= 0.6 is 0 Å². The molecule has 6 heteroatoms. The van der Waals surface area contributed by atoms with Crippen LogP contribution in [0, 0.1) is 17.5 Å². The smallest absolute Gasteiger partial charge is 0.199 e. The van der Waals surface area contributed by atoms with Crippen LogP contribution in [0.5, 0.6) is 0 Å². The summed E-state index contributed by atoms with van der Waals surface area (Å²) in [5.41, 5.74) is -0.559. The van der Waals surface area contributed by atoms with Gasteiger partial charge in [-0.3, -0.25) is 4.79 Å². The van der Waals surface area contributed by atoms with Crippen LogP contribution in [0.3, 0.4) is 0 Å². The minimum Gasteiger partial charge on any atom is -0.288 e. The number of halogens is 3. The highest BCUT2D eigenvalue weighted by atomic mass is 19.2. The number of aromatic nitrogens is 2. The van der Waals surface area contributed by atoms with Crippen LogP contribution in [0.1, 0.15) is 15.9 Å². The molecule has 1 aromatic heterocycles. The summed E-state index contributed by atoms with van der Waals surface area (Å²) in [6, 6.07) is 1.57. The summed E-state index contributed by atoms with van der Waals surface area (Å²) in [5, 5.41) is 0. The standard InChI is InChI=1S/C11H5F3N2O/c12-8-2-1-7(9(13)10(8)14)11(17)6-3-15-5-16-4-6/h1-5H. The summed E-state index contributed by atoms with van der Waals surface area (Å²) in [6.45, 7) is 0. The fourth-order valence-electron chi connectivity index (χ4n) is 1.27. The van der Waals surface area contributed by atoms with Gasteiger partial charge in [0.2, 0.25) is 0 Å². The number of benzene rings is 1. The van der Waals surface area contributed by atoms with Crippen molar-refractivity contribution >= 4 is 5.78 Å². The summed E-state index contributed by atoms with van der Waals surface area (Å²) in [4.78, 5) is 18.9. The van der Waals surface area contributed by atoms with Gasteiger partial charge < -0.3 is 0 Å². The molecule has 0 radical (unpaired) electrons. The van der Waals surface area contributed by atoms with Gasteiger partial charge in [-0.2, -0.15) is 0 Å². The van der Waals surface area contributed by atoms with E-state index in [-0.39, 0.29) is 5.56 Å². The molecular formula is C11H5F3N2O. The highest BCUT2D eigenvalue weighted by Gasteiger charge is 2.20. The van der Waals surface area contributed by atoms with Crippen molar-refractivity contribution in [3.63, 3.8) is 0 Å². The van der Waals surface area contributed by atoms with E-state index in [1.807, 2.05) is 0 Å². The zero-order valence-corrected chi connectivity index (χ0v) is 8.32. The van der Waals surface area contributed by atoms with E-state index in [4.69, 9.17) is 0 Å². The Hall–Kier alpha value is -2.24. The van der Waals surface area contributed by atoms with Gasteiger partial charge in [0.05, 0.1) is 11.1 Å². The zero-order valence-electron chi connectivity index (χ0n) is 8.32. The van der Waals surface area contributed by atoms with Crippen molar-refractivity contribution in [1.29, 1.82) is 0 Å². The zero-order chi connectivity index (χ0) is 12.4.